The maximum Gasteiger partial charge on any atom is 0.243 e. The molecule has 6 N–H and O–H groups in total. The van der Waals surface area contributed by atoms with E-state index in [1.807, 2.05) is 24.3 Å². The molecule has 114 valence electrons. The van der Waals surface area contributed by atoms with Crippen LogP contribution in [0.1, 0.15) is 0 Å². The van der Waals surface area contributed by atoms with E-state index in [4.69, 9.17) is 17.2 Å². The van der Waals surface area contributed by atoms with Crippen LogP contribution in [0.25, 0.3) is 10.8 Å². The van der Waals surface area contributed by atoms with Gasteiger partial charge >= 0.3 is 0 Å². The SMILES string of the molecule is NCCN(CC(N)N)S(=O)(=O)c1cccc2ccccc12. The lowest BCUT2D eigenvalue weighted by molar-refractivity contribution is 0.393. The molecule has 0 aliphatic rings. The average Bonchev–Trinajstić information content (AvgIpc) is 2.45. The number of benzene rings is 2. The van der Waals surface area contributed by atoms with Crippen LogP contribution in [0.15, 0.2) is 47.4 Å². The van der Waals surface area contributed by atoms with Gasteiger partial charge in [-0.25, -0.2) is 8.42 Å². The minimum absolute atomic E-state index is 0.0305. The highest BCUT2D eigenvalue weighted by Crippen LogP contribution is 2.25. The molecule has 0 spiro atoms. The Bertz CT molecular complexity index is 710. The summed E-state index contributed by atoms with van der Waals surface area (Å²) >= 11 is 0. The number of hydrogen-bond donors (Lipinski definition) is 3. The van der Waals surface area contributed by atoms with E-state index in [2.05, 4.69) is 0 Å². The molecule has 0 bridgehead atoms. The van der Waals surface area contributed by atoms with Crippen molar-refractivity contribution >= 4 is 20.8 Å². The zero-order valence-electron chi connectivity index (χ0n) is 11.6. The highest BCUT2D eigenvalue weighted by atomic mass is 32.2. The largest absolute Gasteiger partial charge is 0.329 e. The summed E-state index contributed by atoms with van der Waals surface area (Å²) < 4.78 is 26.9. The van der Waals surface area contributed by atoms with Gasteiger partial charge in [0, 0.05) is 25.0 Å². The van der Waals surface area contributed by atoms with Crippen molar-refractivity contribution in [2.45, 2.75) is 11.1 Å². The van der Waals surface area contributed by atoms with Gasteiger partial charge in [0.05, 0.1) is 11.1 Å². The van der Waals surface area contributed by atoms with Crippen LogP contribution in [0.3, 0.4) is 0 Å². The Kier molecular flexibility index (Phi) is 4.92. The monoisotopic (exact) mass is 308 g/mol. The molecular formula is C14H20N4O2S. The molecular weight excluding hydrogens is 288 g/mol. The van der Waals surface area contributed by atoms with Gasteiger partial charge < -0.3 is 17.2 Å². The lowest BCUT2D eigenvalue weighted by Crippen LogP contribution is -2.47. The van der Waals surface area contributed by atoms with Crippen LogP contribution in [0.4, 0.5) is 0 Å². The number of rotatable bonds is 6. The lowest BCUT2D eigenvalue weighted by atomic mass is 10.1. The first-order valence-electron chi connectivity index (χ1n) is 6.66. The van der Waals surface area contributed by atoms with E-state index in [1.54, 1.807) is 18.2 Å². The fraction of sp³-hybridized carbons (Fsp3) is 0.286. The summed E-state index contributed by atoms with van der Waals surface area (Å²) in [6, 6.07) is 12.5. The van der Waals surface area contributed by atoms with E-state index in [0.717, 1.165) is 5.39 Å². The van der Waals surface area contributed by atoms with E-state index in [0.29, 0.717) is 5.39 Å². The number of fused-ring (bicyclic) bond motifs is 1. The quantitative estimate of drug-likeness (QED) is 0.651. The smallest absolute Gasteiger partial charge is 0.243 e. The molecule has 0 saturated heterocycles. The average molecular weight is 308 g/mol. The second-order valence-electron chi connectivity index (χ2n) is 4.79. The zero-order chi connectivity index (χ0) is 15.5. The maximum atomic E-state index is 12.8. The summed E-state index contributed by atoms with van der Waals surface area (Å²) in [7, 11) is -3.69. The van der Waals surface area contributed by atoms with Crippen molar-refractivity contribution in [3.63, 3.8) is 0 Å². The third-order valence-electron chi connectivity index (χ3n) is 3.16. The Balaban J connectivity index is 2.54. The van der Waals surface area contributed by atoms with E-state index in [9.17, 15) is 8.42 Å². The van der Waals surface area contributed by atoms with Crippen molar-refractivity contribution in [1.82, 2.24) is 4.31 Å². The molecule has 0 unspecified atom stereocenters. The third kappa shape index (κ3) is 3.39. The van der Waals surface area contributed by atoms with Crippen molar-refractivity contribution in [3.8, 4) is 0 Å². The molecule has 7 heteroatoms. The van der Waals surface area contributed by atoms with Gasteiger partial charge in [-0.2, -0.15) is 4.31 Å². The van der Waals surface area contributed by atoms with Gasteiger partial charge in [-0.3, -0.25) is 0 Å². The zero-order valence-corrected chi connectivity index (χ0v) is 12.5. The highest BCUT2D eigenvalue weighted by molar-refractivity contribution is 7.89. The first kappa shape index (κ1) is 15.9. The second kappa shape index (κ2) is 6.50. The molecule has 0 fully saturated rings. The highest BCUT2D eigenvalue weighted by Gasteiger charge is 2.26. The molecule has 0 saturated carbocycles. The van der Waals surface area contributed by atoms with E-state index in [-0.39, 0.29) is 24.5 Å². The van der Waals surface area contributed by atoms with Gasteiger partial charge in [0.2, 0.25) is 10.0 Å². The van der Waals surface area contributed by atoms with Crippen molar-refractivity contribution in [3.05, 3.63) is 42.5 Å². The molecule has 2 aromatic rings. The summed E-state index contributed by atoms with van der Waals surface area (Å²) in [4.78, 5) is 0.245. The summed E-state index contributed by atoms with van der Waals surface area (Å²) in [5.41, 5.74) is 16.6. The van der Waals surface area contributed by atoms with Gasteiger partial charge in [0.1, 0.15) is 0 Å². The van der Waals surface area contributed by atoms with Crippen molar-refractivity contribution < 1.29 is 8.42 Å². The molecule has 0 aliphatic heterocycles. The summed E-state index contributed by atoms with van der Waals surface area (Å²) in [5, 5.41) is 1.54. The first-order valence-corrected chi connectivity index (χ1v) is 8.10. The van der Waals surface area contributed by atoms with Crippen LogP contribution in [0.2, 0.25) is 0 Å². The van der Waals surface area contributed by atoms with Crippen LogP contribution < -0.4 is 17.2 Å². The second-order valence-corrected chi connectivity index (χ2v) is 6.70. The summed E-state index contributed by atoms with van der Waals surface area (Å²) in [6.45, 7) is 0.413. The Morgan fingerprint density at radius 2 is 1.71 bits per heavy atom. The Hall–Kier alpha value is -1.51. The molecule has 0 atom stereocenters. The van der Waals surface area contributed by atoms with E-state index in [1.165, 1.54) is 4.31 Å². The Labute approximate surface area is 124 Å². The Morgan fingerprint density at radius 1 is 1.05 bits per heavy atom. The minimum Gasteiger partial charge on any atom is -0.329 e. The fourth-order valence-electron chi connectivity index (χ4n) is 2.25. The topological polar surface area (TPSA) is 115 Å². The van der Waals surface area contributed by atoms with Crippen molar-refractivity contribution in [2.75, 3.05) is 19.6 Å². The summed E-state index contributed by atoms with van der Waals surface area (Å²) in [5.74, 6) is 0. The molecule has 0 radical (unpaired) electrons. The number of nitrogens with zero attached hydrogens (tertiary/aromatic N) is 1. The standard InChI is InChI=1S/C14H20N4O2S/c15-8-9-18(10-14(16)17)21(19,20)13-7-3-5-11-4-1-2-6-12(11)13/h1-7,14H,8-10,15-17H2. The number of hydrogen-bond acceptors (Lipinski definition) is 5. The van der Waals surface area contributed by atoms with Gasteiger partial charge in [0.15, 0.2) is 0 Å². The molecule has 0 aliphatic carbocycles. The maximum absolute atomic E-state index is 12.8. The number of sulfonamides is 1. The van der Waals surface area contributed by atoms with Gasteiger partial charge in [0.25, 0.3) is 0 Å². The van der Waals surface area contributed by atoms with Crippen molar-refractivity contribution in [2.24, 2.45) is 17.2 Å². The van der Waals surface area contributed by atoms with Gasteiger partial charge in [-0.05, 0) is 11.5 Å². The molecule has 0 amide bonds. The van der Waals surface area contributed by atoms with Crippen molar-refractivity contribution in [1.29, 1.82) is 0 Å². The molecule has 2 rings (SSSR count). The van der Waals surface area contributed by atoms with Crippen LogP contribution in [0, 0.1) is 0 Å². The molecule has 2 aromatic carbocycles. The lowest BCUT2D eigenvalue weighted by Gasteiger charge is -2.23. The minimum atomic E-state index is -3.69. The van der Waals surface area contributed by atoms with Crippen LogP contribution in [-0.4, -0.2) is 38.5 Å². The number of nitrogens with two attached hydrogens (primary N) is 3. The van der Waals surface area contributed by atoms with Crippen LogP contribution in [0.5, 0.6) is 0 Å². The predicted molar refractivity (Wildman–Crippen MR) is 83.9 cm³/mol. The normalized spacial score (nSPS) is 12.4. The van der Waals surface area contributed by atoms with Crippen LogP contribution in [-0.2, 0) is 10.0 Å². The third-order valence-corrected chi connectivity index (χ3v) is 5.08. The fourth-order valence-corrected chi connectivity index (χ4v) is 3.96. The molecule has 0 heterocycles. The molecule has 21 heavy (non-hydrogen) atoms. The first-order chi connectivity index (χ1) is 9.96. The van der Waals surface area contributed by atoms with E-state index < -0.39 is 16.2 Å². The Morgan fingerprint density at radius 3 is 2.38 bits per heavy atom. The van der Waals surface area contributed by atoms with Crippen LogP contribution >= 0.6 is 0 Å². The van der Waals surface area contributed by atoms with Gasteiger partial charge in [-0.1, -0.05) is 36.4 Å². The van der Waals surface area contributed by atoms with Gasteiger partial charge in [-0.15, -0.1) is 0 Å². The predicted octanol–water partition coefficient (Wildman–Crippen LogP) is 0.0327. The molecule has 0 aromatic heterocycles. The summed E-state index contributed by atoms with van der Waals surface area (Å²) in [6.07, 6.45) is -0.749. The molecule has 6 nitrogen and oxygen atoms in total. The van der Waals surface area contributed by atoms with E-state index >= 15 is 0 Å².